The van der Waals surface area contributed by atoms with Gasteiger partial charge in [-0.2, -0.15) is 5.10 Å². The second-order valence-electron chi connectivity index (χ2n) is 5.74. The molecule has 0 atom stereocenters. The van der Waals surface area contributed by atoms with E-state index in [-0.39, 0.29) is 11.7 Å². The predicted octanol–water partition coefficient (Wildman–Crippen LogP) is 5.09. The number of aromatic nitrogens is 1. The van der Waals surface area contributed by atoms with E-state index >= 15 is 0 Å². The highest BCUT2D eigenvalue weighted by molar-refractivity contribution is 9.10. The van der Waals surface area contributed by atoms with Crippen molar-refractivity contribution >= 4 is 50.9 Å². The molecule has 0 fully saturated rings. The number of nitrogens with zero attached hydrogens (tertiary/aromatic N) is 2. The summed E-state index contributed by atoms with van der Waals surface area (Å²) in [6, 6.07) is 18.9. The number of rotatable bonds is 6. The second kappa shape index (κ2) is 8.45. The van der Waals surface area contributed by atoms with Gasteiger partial charge in [-0.3, -0.25) is 4.79 Å². The maximum Gasteiger partial charge on any atom is 0.257 e. The maximum absolute atomic E-state index is 11.9. The van der Waals surface area contributed by atoms with Crippen LogP contribution in [0.15, 0.2) is 84.3 Å². The Labute approximate surface area is 173 Å². The lowest BCUT2D eigenvalue weighted by Crippen LogP contribution is -2.19. The van der Waals surface area contributed by atoms with Crippen molar-refractivity contribution in [1.82, 2.24) is 10.4 Å². The van der Waals surface area contributed by atoms with Crippen molar-refractivity contribution in [3.05, 3.63) is 70.9 Å². The van der Waals surface area contributed by atoms with Crippen LogP contribution in [-0.2, 0) is 4.79 Å². The molecule has 6 nitrogen and oxygen atoms in total. The second-order valence-corrected chi connectivity index (χ2v) is 7.58. The molecule has 4 rings (SSSR count). The number of hydrogen-bond donors (Lipinski definition) is 1. The van der Waals surface area contributed by atoms with Crippen LogP contribution in [0.25, 0.3) is 22.4 Å². The molecule has 1 N–H and O–H groups in total. The average Bonchev–Trinajstić information content (AvgIpc) is 3.33. The number of benzene rings is 2. The van der Waals surface area contributed by atoms with E-state index in [1.165, 1.54) is 18.0 Å². The van der Waals surface area contributed by atoms with Crippen molar-refractivity contribution in [2.24, 2.45) is 5.10 Å². The Balaban J connectivity index is 1.29. The third kappa shape index (κ3) is 4.52. The molecule has 0 aliphatic rings. The highest BCUT2D eigenvalue weighted by atomic mass is 79.9. The summed E-state index contributed by atoms with van der Waals surface area (Å²) in [6.07, 6.45) is 1.46. The van der Waals surface area contributed by atoms with Crippen molar-refractivity contribution in [1.29, 1.82) is 0 Å². The molecule has 0 spiro atoms. The fourth-order valence-electron chi connectivity index (χ4n) is 2.43. The van der Waals surface area contributed by atoms with Gasteiger partial charge in [-0.25, -0.2) is 10.4 Å². The number of furan rings is 1. The normalized spacial score (nSPS) is 11.3. The van der Waals surface area contributed by atoms with Crippen molar-refractivity contribution < 1.29 is 13.6 Å². The fraction of sp³-hybridized carbons (Fsp3) is 0.0500. The first-order valence-electron chi connectivity index (χ1n) is 8.33. The Morgan fingerprint density at radius 1 is 1.11 bits per heavy atom. The molecule has 2 heterocycles. The topological polar surface area (TPSA) is 80.6 Å². The smallest absolute Gasteiger partial charge is 0.257 e. The van der Waals surface area contributed by atoms with Crippen molar-refractivity contribution in [2.45, 2.75) is 5.22 Å². The first-order chi connectivity index (χ1) is 13.7. The molecular weight excluding hydrogens is 442 g/mol. The van der Waals surface area contributed by atoms with E-state index in [1.54, 1.807) is 6.07 Å². The van der Waals surface area contributed by atoms with Crippen LogP contribution >= 0.6 is 27.7 Å². The summed E-state index contributed by atoms with van der Waals surface area (Å²) in [7, 11) is 0. The zero-order chi connectivity index (χ0) is 19.3. The molecule has 0 aliphatic heterocycles. The van der Waals surface area contributed by atoms with Crippen LogP contribution in [0.5, 0.6) is 0 Å². The number of hydrazone groups is 1. The Hall–Kier alpha value is -2.84. The number of nitrogens with one attached hydrogen (secondary N) is 1. The number of amides is 1. The van der Waals surface area contributed by atoms with E-state index in [0.29, 0.717) is 16.6 Å². The number of carbonyl (C=O) groups is 1. The zero-order valence-corrected chi connectivity index (χ0v) is 16.9. The van der Waals surface area contributed by atoms with Gasteiger partial charge in [0.2, 0.25) is 0 Å². The zero-order valence-electron chi connectivity index (χ0n) is 14.5. The lowest BCUT2D eigenvalue weighted by Gasteiger charge is -1.97. The standard InChI is InChI=1S/C20H14BrN3O3S/c21-14-7-5-13(6-8-14)17-10-9-15(26-17)11-22-24-19(25)12-28-20-23-16-3-1-2-4-18(16)27-20/h1-11H,12H2,(H,24,25). The molecule has 1 amide bonds. The van der Waals surface area contributed by atoms with Crippen LogP contribution in [0.2, 0.25) is 0 Å². The third-order valence-corrected chi connectivity index (χ3v) is 5.09. The molecule has 0 unspecified atom stereocenters. The summed E-state index contributed by atoms with van der Waals surface area (Å²) in [6.45, 7) is 0. The molecule has 0 bridgehead atoms. The largest absolute Gasteiger partial charge is 0.455 e. The van der Waals surface area contributed by atoms with Gasteiger partial charge in [0, 0.05) is 10.0 Å². The van der Waals surface area contributed by atoms with Gasteiger partial charge in [0.05, 0.1) is 12.0 Å². The number of fused-ring (bicyclic) bond motifs is 1. The molecule has 0 radical (unpaired) electrons. The predicted molar refractivity (Wildman–Crippen MR) is 112 cm³/mol. The Bertz CT molecular complexity index is 1100. The monoisotopic (exact) mass is 455 g/mol. The van der Waals surface area contributed by atoms with E-state index in [9.17, 15) is 4.79 Å². The minimum atomic E-state index is -0.261. The van der Waals surface area contributed by atoms with Crippen LogP contribution in [0, 0.1) is 0 Å². The van der Waals surface area contributed by atoms with Crippen molar-refractivity contribution in [3.63, 3.8) is 0 Å². The number of oxazole rings is 1. The minimum absolute atomic E-state index is 0.145. The first kappa shape index (κ1) is 18.5. The van der Waals surface area contributed by atoms with Gasteiger partial charge in [0.25, 0.3) is 11.1 Å². The van der Waals surface area contributed by atoms with E-state index in [1.807, 2.05) is 54.6 Å². The van der Waals surface area contributed by atoms with Crippen molar-refractivity contribution in [2.75, 3.05) is 5.75 Å². The van der Waals surface area contributed by atoms with Crippen LogP contribution in [-0.4, -0.2) is 22.9 Å². The van der Waals surface area contributed by atoms with Gasteiger partial charge in [0.1, 0.15) is 17.0 Å². The molecule has 2 aromatic carbocycles. The highest BCUT2D eigenvalue weighted by Gasteiger charge is 2.08. The van der Waals surface area contributed by atoms with Crippen LogP contribution in [0.3, 0.4) is 0 Å². The van der Waals surface area contributed by atoms with Gasteiger partial charge in [-0.05, 0) is 36.4 Å². The number of thioether (sulfide) groups is 1. The van der Waals surface area contributed by atoms with Gasteiger partial charge < -0.3 is 8.83 Å². The summed E-state index contributed by atoms with van der Waals surface area (Å²) < 4.78 is 12.3. The summed E-state index contributed by atoms with van der Waals surface area (Å²) >= 11 is 4.62. The molecule has 0 saturated carbocycles. The number of halogens is 1. The van der Waals surface area contributed by atoms with E-state index in [2.05, 4.69) is 31.4 Å². The van der Waals surface area contributed by atoms with Gasteiger partial charge in [0.15, 0.2) is 5.58 Å². The SMILES string of the molecule is O=C(CSc1nc2ccccc2o1)NN=Cc1ccc(-c2ccc(Br)cc2)o1. The number of hydrogen-bond acceptors (Lipinski definition) is 6. The molecule has 0 aliphatic carbocycles. The average molecular weight is 456 g/mol. The molecule has 0 saturated heterocycles. The Kier molecular flexibility index (Phi) is 5.59. The van der Waals surface area contributed by atoms with Crippen molar-refractivity contribution in [3.8, 4) is 11.3 Å². The molecule has 28 heavy (non-hydrogen) atoms. The number of carbonyl (C=O) groups excluding carboxylic acids is 1. The first-order valence-corrected chi connectivity index (χ1v) is 10.1. The van der Waals surface area contributed by atoms with Gasteiger partial charge in [-0.1, -0.05) is 52.0 Å². The summed E-state index contributed by atoms with van der Waals surface area (Å²) in [4.78, 5) is 16.2. The maximum atomic E-state index is 11.9. The number of para-hydroxylation sites is 2. The highest BCUT2D eigenvalue weighted by Crippen LogP contribution is 2.24. The van der Waals surface area contributed by atoms with E-state index in [4.69, 9.17) is 8.83 Å². The molecule has 8 heteroatoms. The quantitative estimate of drug-likeness (QED) is 0.248. The lowest BCUT2D eigenvalue weighted by molar-refractivity contribution is -0.118. The summed E-state index contributed by atoms with van der Waals surface area (Å²) in [5.74, 6) is 1.16. The van der Waals surface area contributed by atoms with Gasteiger partial charge in [-0.15, -0.1) is 0 Å². The molecular formula is C20H14BrN3O3S. The van der Waals surface area contributed by atoms with Crippen LogP contribution < -0.4 is 5.43 Å². The third-order valence-electron chi connectivity index (χ3n) is 3.74. The van der Waals surface area contributed by atoms with Crippen LogP contribution in [0.4, 0.5) is 0 Å². The lowest BCUT2D eigenvalue weighted by atomic mass is 10.2. The minimum Gasteiger partial charge on any atom is -0.455 e. The van der Waals surface area contributed by atoms with E-state index < -0.39 is 0 Å². The summed E-state index contributed by atoms with van der Waals surface area (Å²) in [5, 5.41) is 4.38. The fourth-order valence-corrected chi connectivity index (χ4v) is 3.33. The van der Waals surface area contributed by atoms with Gasteiger partial charge >= 0.3 is 0 Å². The van der Waals surface area contributed by atoms with E-state index in [0.717, 1.165) is 21.3 Å². The Morgan fingerprint density at radius 2 is 1.93 bits per heavy atom. The Morgan fingerprint density at radius 3 is 2.75 bits per heavy atom. The van der Waals surface area contributed by atoms with Crippen LogP contribution in [0.1, 0.15) is 5.76 Å². The molecule has 4 aromatic rings. The molecule has 140 valence electrons. The molecule has 2 aromatic heterocycles. The summed E-state index contributed by atoms with van der Waals surface area (Å²) in [5.41, 5.74) is 4.89.